The van der Waals surface area contributed by atoms with E-state index in [0.717, 1.165) is 33.7 Å². The highest BCUT2D eigenvalue weighted by atomic mass is 35.5. The van der Waals surface area contributed by atoms with Crippen molar-refractivity contribution in [2.45, 2.75) is 220 Å². The molecule has 0 atom stereocenters. The Hall–Kier alpha value is -1.34. The Morgan fingerprint density at radius 2 is 0.825 bits per heavy atom. The molecule has 57 heavy (non-hydrogen) atoms. The lowest BCUT2D eigenvalue weighted by molar-refractivity contribution is 0.401. The summed E-state index contributed by atoms with van der Waals surface area (Å²) in [6.07, 6.45) is 39.6. The van der Waals surface area contributed by atoms with Gasteiger partial charge >= 0.3 is 0 Å². The molecule has 3 heterocycles. The summed E-state index contributed by atoms with van der Waals surface area (Å²) in [5, 5.41) is 4.74. The summed E-state index contributed by atoms with van der Waals surface area (Å²) in [5.74, 6) is 1.03. The number of nitrogens with zero attached hydrogens (tertiary/aromatic N) is 2. The maximum absolute atomic E-state index is 16.6. The molecule has 0 saturated heterocycles. The molecule has 320 valence electrons. The summed E-state index contributed by atoms with van der Waals surface area (Å²) in [7, 11) is 0. The van der Waals surface area contributed by atoms with E-state index in [1.54, 1.807) is 22.7 Å². The van der Waals surface area contributed by atoms with Gasteiger partial charge in [-0.05, 0) is 58.7 Å². The normalized spacial score (nSPS) is 12.0. The third-order valence-corrected chi connectivity index (χ3v) is 15.2. The van der Waals surface area contributed by atoms with Gasteiger partial charge < -0.3 is 0 Å². The third kappa shape index (κ3) is 16.9. The van der Waals surface area contributed by atoms with Crippen molar-refractivity contribution in [1.82, 2.24) is 8.75 Å². The fourth-order valence-electron chi connectivity index (χ4n) is 8.84. The average Bonchev–Trinajstić information content (AvgIpc) is 4.00. The number of benzene rings is 1. The second-order valence-electron chi connectivity index (χ2n) is 17.3. The van der Waals surface area contributed by atoms with Gasteiger partial charge in [0.1, 0.15) is 11.0 Å². The van der Waals surface area contributed by atoms with Crippen LogP contribution >= 0.6 is 46.0 Å². The fourth-order valence-corrected chi connectivity index (χ4v) is 11.7. The second kappa shape index (κ2) is 29.0. The van der Waals surface area contributed by atoms with Gasteiger partial charge in [-0.1, -0.05) is 219 Å². The van der Waals surface area contributed by atoms with E-state index in [1.807, 2.05) is 0 Å². The van der Waals surface area contributed by atoms with E-state index in [0.29, 0.717) is 22.9 Å². The van der Waals surface area contributed by atoms with Crippen molar-refractivity contribution in [1.29, 1.82) is 0 Å². The van der Waals surface area contributed by atoms with Crippen LogP contribution in [-0.2, 0) is 12.8 Å². The Morgan fingerprint density at radius 3 is 1.21 bits per heavy atom. The molecule has 0 aliphatic rings. The lowest BCUT2D eigenvalue weighted by Crippen LogP contribution is -2.05. The van der Waals surface area contributed by atoms with Crippen LogP contribution in [0.1, 0.15) is 219 Å². The number of fused-ring (bicyclic) bond motifs is 1. The lowest BCUT2D eigenvalue weighted by atomic mass is 9.89. The SMILES string of the molecule is CCCCCCCCC(CCCCCCCC)Cc1csc(-c2c(F)c(Cl)c(-c3cc(CC(CCCCCCCC)CCCCCCCC)cs3)c3nsnc23)c1. The van der Waals surface area contributed by atoms with Gasteiger partial charge in [-0.15, -0.1) is 22.7 Å². The zero-order chi connectivity index (χ0) is 40.5. The number of hydrogen-bond acceptors (Lipinski definition) is 5. The molecule has 0 fully saturated rings. The van der Waals surface area contributed by atoms with Gasteiger partial charge in [-0.2, -0.15) is 8.75 Å². The summed E-state index contributed by atoms with van der Waals surface area (Å²) in [4.78, 5) is 1.93. The van der Waals surface area contributed by atoms with Crippen LogP contribution in [0.2, 0.25) is 5.02 Å². The minimum Gasteiger partial charge on any atom is -0.205 e. The molecule has 7 heteroatoms. The maximum atomic E-state index is 16.6. The molecule has 0 spiro atoms. The smallest absolute Gasteiger partial charge is 0.153 e. The number of hydrogen-bond donors (Lipinski definition) is 0. The summed E-state index contributed by atoms with van der Waals surface area (Å²) in [6, 6.07) is 4.50. The zero-order valence-corrected chi connectivity index (χ0v) is 39.8. The van der Waals surface area contributed by atoms with Gasteiger partial charge in [0.25, 0.3) is 0 Å². The number of halogens is 2. The Labute approximate surface area is 365 Å². The minimum absolute atomic E-state index is 0.188. The van der Waals surface area contributed by atoms with Crippen LogP contribution in [0.4, 0.5) is 4.39 Å². The van der Waals surface area contributed by atoms with Gasteiger partial charge in [-0.25, -0.2) is 4.39 Å². The molecule has 4 rings (SSSR count). The van der Waals surface area contributed by atoms with Gasteiger partial charge in [0.15, 0.2) is 5.82 Å². The summed E-state index contributed by atoms with van der Waals surface area (Å²) in [6.45, 7) is 9.17. The number of unbranched alkanes of at least 4 members (excludes halogenated alkanes) is 20. The molecule has 4 aromatic rings. The highest BCUT2D eigenvalue weighted by Crippen LogP contribution is 2.46. The van der Waals surface area contributed by atoms with Crippen LogP contribution in [0.3, 0.4) is 0 Å². The largest absolute Gasteiger partial charge is 0.205 e. The highest BCUT2D eigenvalue weighted by Gasteiger charge is 2.26. The molecule has 0 radical (unpaired) electrons. The zero-order valence-electron chi connectivity index (χ0n) is 36.6. The number of aromatic nitrogens is 2. The Balaban J connectivity index is 1.46. The van der Waals surface area contributed by atoms with Crippen molar-refractivity contribution in [3.05, 3.63) is 44.9 Å². The molecular formula is C50H78ClFN2S3. The van der Waals surface area contributed by atoms with Crippen LogP contribution in [-0.4, -0.2) is 8.75 Å². The van der Waals surface area contributed by atoms with E-state index in [1.165, 1.54) is 203 Å². The molecule has 0 unspecified atom stereocenters. The first-order valence-electron chi connectivity index (χ1n) is 23.8. The van der Waals surface area contributed by atoms with Crippen molar-refractivity contribution < 1.29 is 4.39 Å². The minimum atomic E-state index is -0.352. The molecule has 0 N–H and O–H groups in total. The standard InChI is InChI=1S/C50H78ClFN2S3/c1-5-9-13-17-21-25-29-39(30-26-22-18-14-10-6-2)33-41-35-43(55-37-41)45-47(51)48(52)46(50-49(45)53-57-54-50)44-36-42(38-56-44)34-40(31-27-23-19-15-11-7-3)32-28-24-20-16-12-8-4/h35-40H,5-34H2,1-4H3. The van der Waals surface area contributed by atoms with E-state index in [4.69, 9.17) is 20.3 Å². The van der Waals surface area contributed by atoms with Crippen LogP contribution in [0, 0.1) is 17.7 Å². The van der Waals surface area contributed by atoms with Gasteiger partial charge in [0.2, 0.25) is 0 Å². The van der Waals surface area contributed by atoms with Crippen molar-refractivity contribution in [3.63, 3.8) is 0 Å². The molecular weight excluding hydrogens is 779 g/mol. The number of thiophene rings is 2. The van der Waals surface area contributed by atoms with E-state index in [9.17, 15) is 0 Å². The maximum Gasteiger partial charge on any atom is 0.153 e. The lowest BCUT2D eigenvalue weighted by Gasteiger charge is -2.16. The Bertz CT molecular complexity index is 1480. The molecule has 0 aliphatic heterocycles. The van der Waals surface area contributed by atoms with E-state index in [-0.39, 0.29) is 10.8 Å². The fraction of sp³-hybridized carbons (Fsp3) is 0.720. The van der Waals surface area contributed by atoms with Crippen LogP contribution in [0.15, 0.2) is 22.9 Å². The van der Waals surface area contributed by atoms with Crippen LogP contribution in [0.5, 0.6) is 0 Å². The Morgan fingerprint density at radius 1 is 0.491 bits per heavy atom. The monoisotopic (exact) mass is 856 g/mol. The summed E-state index contributed by atoms with van der Waals surface area (Å²) >= 11 is 11.5. The first-order chi connectivity index (χ1) is 28.0. The topological polar surface area (TPSA) is 25.8 Å². The highest BCUT2D eigenvalue weighted by molar-refractivity contribution is 7.14. The quantitative estimate of drug-likeness (QED) is 0.0438. The summed E-state index contributed by atoms with van der Waals surface area (Å²) in [5.41, 5.74) is 5.32. The molecule has 0 saturated carbocycles. The predicted octanol–water partition coefficient (Wildman–Crippen LogP) is 19.3. The van der Waals surface area contributed by atoms with Crippen molar-refractivity contribution >= 4 is 57.0 Å². The third-order valence-electron chi connectivity index (χ3n) is 12.3. The molecule has 3 aromatic heterocycles. The van der Waals surface area contributed by atoms with E-state index < -0.39 is 0 Å². The molecule has 0 aliphatic carbocycles. The van der Waals surface area contributed by atoms with Crippen LogP contribution in [0.25, 0.3) is 31.9 Å². The van der Waals surface area contributed by atoms with Gasteiger partial charge in [0.05, 0.1) is 22.3 Å². The molecule has 0 amide bonds. The van der Waals surface area contributed by atoms with Gasteiger partial charge in [-0.3, -0.25) is 0 Å². The van der Waals surface area contributed by atoms with Crippen LogP contribution < -0.4 is 0 Å². The first kappa shape index (κ1) is 48.3. The molecule has 0 bridgehead atoms. The van der Waals surface area contributed by atoms with E-state index in [2.05, 4.69) is 50.6 Å². The first-order valence-corrected chi connectivity index (χ1v) is 26.7. The van der Waals surface area contributed by atoms with Crippen molar-refractivity contribution in [2.24, 2.45) is 11.8 Å². The molecule has 2 nitrogen and oxygen atoms in total. The van der Waals surface area contributed by atoms with Gasteiger partial charge in [0, 0.05) is 15.3 Å². The summed E-state index contributed by atoms with van der Waals surface area (Å²) < 4.78 is 26.1. The van der Waals surface area contributed by atoms with E-state index >= 15 is 4.39 Å². The predicted molar refractivity (Wildman–Crippen MR) is 255 cm³/mol. The number of rotatable bonds is 34. The Kier molecular flexibility index (Phi) is 24.6. The average molecular weight is 858 g/mol. The molecule has 1 aromatic carbocycles. The van der Waals surface area contributed by atoms with Crippen molar-refractivity contribution in [2.75, 3.05) is 0 Å². The van der Waals surface area contributed by atoms with Crippen molar-refractivity contribution in [3.8, 4) is 20.9 Å². The second-order valence-corrected chi connectivity index (χ2v) is 20.1.